The summed E-state index contributed by atoms with van der Waals surface area (Å²) in [5.74, 6) is 0. The van der Waals surface area contributed by atoms with Gasteiger partial charge in [-0.05, 0) is 12.5 Å². The van der Waals surface area contributed by atoms with Crippen molar-refractivity contribution in [2.24, 2.45) is 0 Å². The molecule has 0 aliphatic carbocycles. The minimum atomic E-state index is 0. The van der Waals surface area contributed by atoms with Gasteiger partial charge in [-0.3, -0.25) is 0 Å². The van der Waals surface area contributed by atoms with Gasteiger partial charge in [0.05, 0.1) is 0 Å². The van der Waals surface area contributed by atoms with Crippen molar-refractivity contribution < 1.29 is 37.1 Å². The van der Waals surface area contributed by atoms with Gasteiger partial charge in [0.1, 0.15) is 0 Å². The molecule has 0 saturated heterocycles. The molecule has 0 fully saturated rings. The molecule has 0 atom stereocenters. The monoisotopic (exact) mass is 231 g/mol. The molecule has 1 nitrogen and oxygen atoms in total. The second-order valence-corrected chi connectivity index (χ2v) is 2.21. The summed E-state index contributed by atoms with van der Waals surface area (Å²) in [7, 11) is 0. The fourth-order valence-corrected chi connectivity index (χ4v) is 0.939. The fraction of sp³-hybridized carbons (Fsp3) is 0. The Bertz CT molecular complexity index is 313. The zero-order valence-corrected chi connectivity index (χ0v) is 9.29. The van der Waals surface area contributed by atoms with Crippen LogP contribution in [0.1, 0.15) is 0 Å². The molecular weight excluding hydrogens is 225 g/mol. The van der Waals surface area contributed by atoms with E-state index in [4.69, 9.17) is 4.42 Å². The molecule has 0 unspecified atom stereocenters. The summed E-state index contributed by atoms with van der Waals surface area (Å²) in [6, 6.07) is 12.7. The van der Waals surface area contributed by atoms with Gasteiger partial charge in [0.25, 0.3) is 0 Å². The average Bonchev–Trinajstić information content (AvgIpc) is 2.58. The number of furan rings is 1. The molecule has 0 N–H and O–H groups in total. The second kappa shape index (κ2) is 4.59. The van der Waals surface area contributed by atoms with Crippen molar-refractivity contribution in [2.75, 3.05) is 0 Å². The quantitative estimate of drug-likeness (QED) is 0.687. The third-order valence-corrected chi connectivity index (χ3v) is 1.47. The molecule has 0 aliphatic rings. The van der Waals surface area contributed by atoms with Crippen LogP contribution >= 0.6 is 0 Å². The largest absolute Gasteiger partial charge is 0.576 e. The van der Waals surface area contributed by atoms with Gasteiger partial charge < -0.3 is 4.42 Å². The Labute approximate surface area is 96.7 Å². The van der Waals surface area contributed by atoms with Gasteiger partial charge in [0.15, 0.2) is 0 Å². The van der Waals surface area contributed by atoms with E-state index >= 15 is 0 Å². The Balaban J connectivity index is 0.000000720. The topological polar surface area (TPSA) is 13.1 Å². The molecule has 0 amide bonds. The Kier molecular flexibility index (Phi) is 3.70. The van der Waals surface area contributed by atoms with Gasteiger partial charge in [-0.15, -0.1) is 6.07 Å². The zero-order valence-electron chi connectivity index (χ0n) is 6.45. The van der Waals surface area contributed by atoms with E-state index in [1.807, 2.05) is 30.3 Å². The molecule has 1 heterocycles. The van der Waals surface area contributed by atoms with E-state index in [9.17, 15) is 0 Å². The first kappa shape index (κ1) is 9.69. The van der Waals surface area contributed by atoms with Gasteiger partial charge in [-0.25, -0.2) is 5.56 Å². The molecule has 0 bridgehead atoms. The Hall–Kier alpha value is -0.396. The van der Waals surface area contributed by atoms with Crippen molar-refractivity contribution in [3.8, 4) is 11.1 Å². The molecule has 57 valence electrons. The SMILES string of the molecule is [Y].[c-]1ccccc1-c1[c-]occ1. The van der Waals surface area contributed by atoms with Crippen LogP contribution in [-0.2, 0) is 32.7 Å². The minimum absolute atomic E-state index is 0. The number of benzene rings is 1. The summed E-state index contributed by atoms with van der Waals surface area (Å²) in [4.78, 5) is 0. The third kappa shape index (κ3) is 2.05. The zero-order chi connectivity index (χ0) is 7.52. The predicted molar refractivity (Wildman–Crippen MR) is 41.8 cm³/mol. The van der Waals surface area contributed by atoms with E-state index in [0.29, 0.717) is 0 Å². The molecule has 0 saturated carbocycles. The second-order valence-electron chi connectivity index (χ2n) is 2.21. The maximum absolute atomic E-state index is 4.82. The van der Waals surface area contributed by atoms with Crippen molar-refractivity contribution in [3.05, 3.63) is 48.9 Å². The maximum atomic E-state index is 4.82. The van der Waals surface area contributed by atoms with Crippen LogP contribution < -0.4 is 0 Å². The molecule has 1 aromatic carbocycles. The maximum Gasteiger partial charge on any atom is 0 e. The molecule has 1 aromatic heterocycles. The van der Waals surface area contributed by atoms with Crippen LogP contribution in [0.15, 0.2) is 41.0 Å². The van der Waals surface area contributed by atoms with E-state index in [0.717, 1.165) is 11.1 Å². The van der Waals surface area contributed by atoms with E-state index in [-0.39, 0.29) is 32.7 Å². The van der Waals surface area contributed by atoms with Crippen LogP contribution in [-0.4, -0.2) is 0 Å². The van der Waals surface area contributed by atoms with Crippen LogP contribution in [0.5, 0.6) is 0 Å². The standard InChI is InChI=1S/C10H6O.Y/c1-2-4-9(5-3-1)10-6-7-11-8-10;/h1-4,6-7H;/q-2;. The summed E-state index contributed by atoms with van der Waals surface area (Å²) in [5.41, 5.74) is 1.96. The first-order valence-electron chi connectivity index (χ1n) is 3.39. The summed E-state index contributed by atoms with van der Waals surface area (Å²) >= 11 is 0. The van der Waals surface area contributed by atoms with E-state index in [1.165, 1.54) is 0 Å². The van der Waals surface area contributed by atoms with E-state index in [1.54, 1.807) is 6.26 Å². The Morgan fingerprint density at radius 1 is 1.08 bits per heavy atom. The Morgan fingerprint density at radius 2 is 2.00 bits per heavy atom. The van der Waals surface area contributed by atoms with Crippen molar-refractivity contribution in [3.63, 3.8) is 0 Å². The molecule has 0 aliphatic heterocycles. The molecule has 1 radical (unpaired) electrons. The first-order valence-corrected chi connectivity index (χ1v) is 3.39. The summed E-state index contributed by atoms with van der Waals surface area (Å²) in [6.07, 6.45) is 4.35. The number of hydrogen-bond donors (Lipinski definition) is 0. The van der Waals surface area contributed by atoms with Gasteiger partial charge >= 0.3 is 0 Å². The van der Waals surface area contributed by atoms with Crippen LogP contribution in [0.25, 0.3) is 11.1 Å². The minimum Gasteiger partial charge on any atom is -0.576 e. The summed E-state index contributed by atoms with van der Waals surface area (Å²) in [5, 5.41) is 0. The van der Waals surface area contributed by atoms with Gasteiger partial charge in [0.2, 0.25) is 0 Å². The van der Waals surface area contributed by atoms with Crippen LogP contribution in [0.3, 0.4) is 0 Å². The molecule has 2 aromatic rings. The molecule has 2 heteroatoms. The molecule has 2 rings (SSSR count). The number of rotatable bonds is 1. The average molecular weight is 231 g/mol. The molecular formula is C10H6OY-2. The first-order chi connectivity index (χ1) is 5.47. The van der Waals surface area contributed by atoms with Crippen molar-refractivity contribution in [1.82, 2.24) is 0 Å². The van der Waals surface area contributed by atoms with E-state index < -0.39 is 0 Å². The predicted octanol–water partition coefficient (Wildman–Crippen LogP) is 2.54. The van der Waals surface area contributed by atoms with E-state index in [2.05, 4.69) is 12.3 Å². The van der Waals surface area contributed by atoms with Crippen LogP contribution in [0.2, 0.25) is 0 Å². The van der Waals surface area contributed by atoms with Gasteiger partial charge in [-0.2, -0.15) is 35.9 Å². The van der Waals surface area contributed by atoms with Gasteiger partial charge in [0, 0.05) is 32.7 Å². The van der Waals surface area contributed by atoms with Crippen molar-refractivity contribution in [2.45, 2.75) is 0 Å². The van der Waals surface area contributed by atoms with Crippen LogP contribution in [0.4, 0.5) is 0 Å². The third-order valence-electron chi connectivity index (χ3n) is 1.47. The van der Waals surface area contributed by atoms with Crippen LogP contribution in [0, 0.1) is 12.3 Å². The normalized spacial score (nSPS) is 9.00. The molecule has 0 spiro atoms. The number of hydrogen-bond acceptors (Lipinski definition) is 1. The summed E-state index contributed by atoms with van der Waals surface area (Å²) < 4.78 is 4.82. The van der Waals surface area contributed by atoms with Crippen molar-refractivity contribution in [1.29, 1.82) is 0 Å². The van der Waals surface area contributed by atoms with Gasteiger partial charge in [-0.1, -0.05) is 0 Å². The van der Waals surface area contributed by atoms with Crippen molar-refractivity contribution >= 4 is 0 Å². The fourth-order valence-electron chi connectivity index (χ4n) is 0.939. The smallest absolute Gasteiger partial charge is 0 e. The Morgan fingerprint density at radius 3 is 2.58 bits per heavy atom. The summed E-state index contributed by atoms with van der Waals surface area (Å²) in [6.45, 7) is 0. The molecule has 12 heavy (non-hydrogen) atoms.